The Labute approximate surface area is 118 Å². The van der Waals surface area contributed by atoms with Crippen LogP contribution in [0.1, 0.15) is 41.6 Å². The number of rotatable bonds is 5. The minimum Gasteiger partial charge on any atom is -0.339 e. The van der Waals surface area contributed by atoms with E-state index >= 15 is 0 Å². The summed E-state index contributed by atoms with van der Waals surface area (Å²) in [5, 5.41) is 7.65. The van der Waals surface area contributed by atoms with Crippen LogP contribution < -0.4 is 5.32 Å². The lowest BCUT2D eigenvalue weighted by molar-refractivity contribution is 0.367. The molecule has 1 N–H and O–H groups in total. The van der Waals surface area contributed by atoms with Crippen molar-refractivity contribution in [2.75, 3.05) is 6.54 Å². The summed E-state index contributed by atoms with van der Waals surface area (Å²) in [7, 11) is 0. The van der Waals surface area contributed by atoms with Gasteiger partial charge in [0.15, 0.2) is 5.82 Å². The first-order valence-electron chi connectivity index (χ1n) is 7.51. The summed E-state index contributed by atoms with van der Waals surface area (Å²) in [4.78, 5) is 4.46. The van der Waals surface area contributed by atoms with Gasteiger partial charge < -0.3 is 9.84 Å². The highest BCUT2D eigenvalue weighted by atomic mass is 16.5. The summed E-state index contributed by atoms with van der Waals surface area (Å²) in [6.07, 6.45) is 5.53. The van der Waals surface area contributed by atoms with Crippen LogP contribution in [0.4, 0.5) is 0 Å². The molecular formula is C16H19N3O. The van der Waals surface area contributed by atoms with E-state index in [1.54, 1.807) is 0 Å². The van der Waals surface area contributed by atoms with E-state index in [2.05, 4.69) is 39.7 Å². The Kier molecular flexibility index (Phi) is 3.03. The monoisotopic (exact) mass is 269 g/mol. The van der Waals surface area contributed by atoms with E-state index in [4.69, 9.17) is 4.52 Å². The molecule has 1 aromatic carbocycles. The number of benzene rings is 1. The molecule has 0 bridgehead atoms. The van der Waals surface area contributed by atoms with Crippen LogP contribution in [-0.4, -0.2) is 22.7 Å². The fourth-order valence-corrected chi connectivity index (χ4v) is 2.96. The van der Waals surface area contributed by atoms with Crippen molar-refractivity contribution in [3.8, 4) is 0 Å². The Bertz CT molecular complexity index is 578. The number of nitrogens with one attached hydrogen (secondary N) is 1. The maximum absolute atomic E-state index is 5.29. The summed E-state index contributed by atoms with van der Waals surface area (Å²) in [6, 6.07) is 9.27. The molecular weight excluding hydrogens is 250 g/mol. The van der Waals surface area contributed by atoms with E-state index in [9.17, 15) is 0 Å². The molecule has 4 rings (SSSR count). The fraction of sp³-hybridized carbons (Fsp3) is 0.500. The van der Waals surface area contributed by atoms with E-state index in [1.165, 1.54) is 24.0 Å². The van der Waals surface area contributed by atoms with Gasteiger partial charge in [0.25, 0.3) is 0 Å². The fourth-order valence-electron chi connectivity index (χ4n) is 2.96. The van der Waals surface area contributed by atoms with E-state index in [1.807, 2.05) is 0 Å². The van der Waals surface area contributed by atoms with E-state index in [0.717, 1.165) is 37.5 Å². The van der Waals surface area contributed by atoms with Crippen LogP contribution in [0.5, 0.6) is 0 Å². The standard InChI is InChI=1S/C16H19N3O/c1-2-4-13-10-14(9-12(13)3-1)17-8-7-15-18-16(19-20-15)11-5-6-11/h1-4,11,14,17H,5-10H2. The Morgan fingerprint density at radius 2 is 1.90 bits per heavy atom. The lowest BCUT2D eigenvalue weighted by atomic mass is 10.1. The minimum absolute atomic E-state index is 0.554. The van der Waals surface area contributed by atoms with Gasteiger partial charge in [-0.3, -0.25) is 0 Å². The van der Waals surface area contributed by atoms with Crippen LogP contribution in [-0.2, 0) is 19.3 Å². The van der Waals surface area contributed by atoms with Gasteiger partial charge in [0, 0.05) is 24.9 Å². The maximum Gasteiger partial charge on any atom is 0.227 e. The highest BCUT2D eigenvalue weighted by Crippen LogP contribution is 2.38. The van der Waals surface area contributed by atoms with Crippen molar-refractivity contribution >= 4 is 0 Å². The third-order valence-electron chi connectivity index (χ3n) is 4.25. The summed E-state index contributed by atoms with van der Waals surface area (Å²) in [5.74, 6) is 2.26. The van der Waals surface area contributed by atoms with Crippen molar-refractivity contribution in [1.29, 1.82) is 0 Å². The molecule has 0 radical (unpaired) electrons. The van der Waals surface area contributed by atoms with Gasteiger partial charge in [-0.15, -0.1) is 0 Å². The van der Waals surface area contributed by atoms with Crippen molar-refractivity contribution in [3.05, 3.63) is 47.1 Å². The van der Waals surface area contributed by atoms with E-state index < -0.39 is 0 Å². The summed E-state index contributed by atoms with van der Waals surface area (Å²) in [6.45, 7) is 0.908. The Morgan fingerprint density at radius 1 is 1.15 bits per heavy atom. The third kappa shape index (κ3) is 2.48. The first-order valence-corrected chi connectivity index (χ1v) is 7.51. The van der Waals surface area contributed by atoms with Gasteiger partial charge in [-0.2, -0.15) is 4.98 Å². The Hall–Kier alpha value is -1.68. The van der Waals surface area contributed by atoms with Gasteiger partial charge in [-0.1, -0.05) is 29.4 Å². The SMILES string of the molecule is c1ccc2c(c1)CC(NCCc1nc(C3CC3)no1)C2. The summed E-state index contributed by atoms with van der Waals surface area (Å²) < 4.78 is 5.29. The summed E-state index contributed by atoms with van der Waals surface area (Å²) >= 11 is 0. The number of aromatic nitrogens is 2. The molecule has 1 heterocycles. The van der Waals surface area contributed by atoms with Gasteiger partial charge in [0.05, 0.1) is 0 Å². The second-order valence-electron chi connectivity index (χ2n) is 5.90. The highest BCUT2D eigenvalue weighted by molar-refractivity contribution is 5.33. The molecule has 1 fully saturated rings. The van der Waals surface area contributed by atoms with Crippen molar-refractivity contribution in [2.24, 2.45) is 0 Å². The first-order chi connectivity index (χ1) is 9.88. The molecule has 2 aromatic rings. The van der Waals surface area contributed by atoms with Crippen LogP contribution in [0.15, 0.2) is 28.8 Å². The molecule has 2 aliphatic carbocycles. The third-order valence-corrected chi connectivity index (χ3v) is 4.25. The second-order valence-corrected chi connectivity index (χ2v) is 5.90. The molecule has 0 saturated heterocycles. The summed E-state index contributed by atoms with van der Waals surface area (Å²) in [5.41, 5.74) is 2.97. The van der Waals surface area contributed by atoms with Gasteiger partial charge in [0.1, 0.15) is 0 Å². The largest absolute Gasteiger partial charge is 0.339 e. The van der Waals surface area contributed by atoms with Gasteiger partial charge >= 0.3 is 0 Å². The molecule has 4 nitrogen and oxygen atoms in total. The van der Waals surface area contributed by atoms with Crippen LogP contribution in [0, 0.1) is 0 Å². The van der Waals surface area contributed by atoms with Crippen molar-refractivity contribution in [2.45, 2.75) is 44.1 Å². The molecule has 1 aromatic heterocycles. The molecule has 4 heteroatoms. The van der Waals surface area contributed by atoms with Crippen LogP contribution >= 0.6 is 0 Å². The van der Waals surface area contributed by atoms with Gasteiger partial charge in [0.2, 0.25) is 5.89 Å². The predicted molar refractivity (Wildman–Crippen MR) is 75.6 cm³/mol. The molecule has 1 saturated carbocycles. The van der Waals surface area contributed by atoms with Gasteiger partial charge in [-0.05, 0) is 36.8 Å². The minimum atomic E-state index is 0.554. The average molecular weight is 269 g/mol. The second kappa shape index (κ2) is 5.02. The lowest BCUT2D eigenvalue weighted by Gasteiger charge is -2.10. The molecule has 20 heavy (non-hydrogen) atoms. The molecule has 2 aliphatic rings. The lowest BCUT2D eigenvalue weighted by Crippen LogP contribution is -2.31. The number of hydrogen-bond acceptors (Lipinski definition) is 4. The predicted octanol–water partition coefficient (Wildman–Crippen LogP) is 2.25. The number of fused-ring (bicyclic) bond motifs is 1. The van der Waals surface area contributed by atoms with Crippen LogP contribution in [0.3, 0.4) is 0 Å². The molecule has 0 spiro atoms. The maximum atomic E-state index is 5.29. The molecule has 0 unspecified atom stereocenters. The molecule has 0 amide bonds. The first kappa shape index (κ1) is 12.1. The zero-order valence-corrected chi connectivity index (χ0v) is 11.5. The average Bonchev–Trinajstić information content (AvgIpc) is 3.06. The van der Waals surface area contributed by atoms with Crippen molar-refractivity contribution < 1.29 is 4.52 Å². The van der Waals surface area contributed by atoms with Gasteiger partial charge in [-0.25, -0.2) is 0 Å². The Morgan fingerprint density at radius 3 is 2.60 bits per heavy atom. The highest BCUT2D eigenvalue weighted by Gasteiger charge is 2.28. The zero-order chi connectivity index (χ0) is 13.4. The van der Waals surface area contributed by atoms with E-state index in [0.29, 0.717) is 12.0 Å². The molecule has 0 atom stereocenters. The number of hydrogen-bond donors (Lipinski definition) is 1. The topological polar surface area (TPSA) is 51.0 Å². The van der Waals surface area contributed by atoms with Crippen LogP contribution in [0.25, 0.3) is 0 Å². The number of nitrogens with zero attached hydrogens (tertiary/aromatic N) is 2. The zero-order valence-electron chi connectivity index (χ0n) is 11.5. The molecule has 104 valence electrons. The smallest absolute Gasteiger partial charge is 0.227 e. The molecule has 0 aliphatic heterocycles. The van der Waals surface area contributed by atoms with E-state index in [-0.39, 0.29) is 0 Å². The normalized spacial score (nSPS) is 18.4. The Balaban J connectivity index is 1.27. The quantitative estimate of drug-likeness (QED) is 0.904. The van der Waals surface area contributed by atoms with Crippen molar-refractivity contribution in [3.63, 3.8) is 0 Å². The van der Waals surface area contributed by atoms with Crippen LogP contribution in [0.2, 0.25) is 0 Å². The van der Waals surface area contributed by atoms with Crippen molar-refractivity contribution in [1.82, 2.24) is 15.5 Å².